The Labute approximate surface area is 112 Å². The van der Waals surface area contributed by atoms with Crippen molar-refractivity contribution in [3.05, 3.63) is 66.0 Å². The molecule has 3 rings (SSSR count). The minimum atomic E-state index is 0.143. The van der Waals surface area contributed by atoms with Crippen molar-refractivity contribution < 1.29 is 4.79 Å². The van der Waals surface area contributed by atoms with Gasteiger partial charge in [-0.2, -0.15) is 0 Å². The average Bonchev–Trinajstić information content (AvgIpc) is 3.27. The third-order valence-corrected chi connectivity index (χ3v) is 3.57. The molecule has 0 bridgehead atoms. The zero-order valence-electron chi connectivity index (χ0n) is 10.6. The molecule has 1 fully saturated rings. The monoisotopic (exact) mass is 252 g/mol. The summed E-state index contributed by atoms with van der Waals surface area (Å²) in [5, 5.41) is 2.99. The molecule has 3 heteroatoms. The Kier molecular flexibility index (Phi) is 3.27. The van der Waals surface area contributed by atoms with E-state index in [9.17, 15) is 4.79 Å². The molecule has 0 aliphatic heterocycles. The van der Waals surface area contributed by atoms with Crippen LogP contribution in [0.2, 0.25) is 0 Å². The zero-order valence-corrected chi connectivity index (χ0v) is 10.6. The molecule has 2 atom stereocenters. The first-order valence-electron chi connectivity index (χ1n) is 6.56. The highest BCUT2D eigenvalue weighted by molar-refractivity contribution is 5.82. The molecular formula is C16H16N2O. The molecule has 1 aliphatic carbocycles. The Morgan fingerprint density at radius 3 is 2.63 bits per heavy atom. The summed E-state index contributed by atoms with van der Waals surface area (Å²) in [6, 6.07) is 14.1. The van der Waals surface area contributed by atoms with Crippen LogP contribution in [0.1, 0.15) is 23.5 Å². The Morgan fingerprint density at radius 2 is 1.89 bits per heavy atom. The van der Waals surface area contributed by atoms with E-state index >= 15 is 0 Å². The van der Waals surface area contributed by atoms with Crippen LogP contribution in [0, 0.1) is 5.92 Å². The van der Waals surface area contributed by atoms with Crippen LogP contribution in [0.15, 0.2) is 54.9 Å². The lowest BCUT2D eigenvalue weighted by Gasteiger charge is -2.05. The van der Waals surface area contributed by atoms with Gasteiger partial charge in [-0.15, -0.1) is 0 Å². The lowest BCUT2D eigenvalue weighted by Crippen LogP contribution is -2.24. The Morgan fingerprint density at radius 1 is 1.16 bits per heavy atom. The van der Waals surface area contributed by atoms with E-state index in [-0.39, 0.29) is 11.8 Å². The molecule has 1 N–H and O–H groups in total. The molecule has 3 nitrogen and oxygen atoms in total. The lowest BCUT2D eigenvalue weighted by atomic mass is 10.1. The summed E-state index contributed by atoms with van der Waals surface area (Å²) in [6.07, 6.45) is 4.45. The summed E-state index contributed by atoms with van der Waals surface area (Å²) in [4.78, 5) is 16.0. The van der Waals surface area contributed by atoms with E-state index in [1.54, 1.807) is 12.4 Å². The summed E-state index contributed by atoms with van der Waals surface area (Å²) in [5.41, 5.74) is 2.35. The normalized spacial score (nSPS) is 20.8. The first kappa shape index (κ1) is 11.9. The SMILES string of the molecule is O=C(NCc1ccncc1)[C@H]1C[C@H]1c1ccccc1. The largest absolute Gasteiger partial charge is 0.352 e. The van der Waals surface area contributed by atoms with Gasteiger partial charge in [-0.3, -0.25) is 9.78 Å². The number of hydrogen-bond donors (Lipinski definition) is 1. The third kappa shape index (κ3) is 2.81. The van der Waals surface area contributed by atoms with Gasteiger partial charge in [0.05, 0.1) is 0 Å². The summed E-state index contributed by atoms with van der Waals surface area (Å²) in [6.45, 7) is 0.583. The average molecular weight is 252 g/mol. The summed E-state index contributed by atoms with van der Waals surface area (Å²) < 4.78 is 0. The molecule has 1 aliphatic rings. The Balaban J connectivity index is 1.53. The molecule has 0 radical (unpaired) electrons. The molecule has 0 saturated heterocycles. The molecule has 1 aromatic carbocycles. The highest BCUT2D eigenvalue weighted by Crippen LogP contribution is 2.47. The van der Waals surface area contributed by atoms with Gasteiger partial charge in [0, 0.05) is 24.9 Å². The second-order valence-electron chi connectivity index (χ2n) is 4.93. The summed E-state index contributed by atoms with van der Waals surface area (Å²) in [7, 11) is 0. The van der Waals surface area contributed by atoms with Gasteiger partial charge in [-0.05, 0) is 35.6 Å². The van der Waals surface area contributed by atoms with Crippen LogP contribution < -0.4 is 5.32 Å². The van der Waals surface area contributed by atoms with Gasteiger partial charge in [0.2, 0.25) is 5.91 Å². The fraction of sp³-hybridized carbons (Fsp3) is 0.250. The number of rotatable bonds is 4. The van der Waals surface area contributed by atoms with Crippen molar-refractivity contribution in [1.29, 1.82) is 0 Å². The number of carbonyl (C=O) groups is 1. The molecule has 1 heterocycles. The van der Waals surface area contributed by atoms with Crippen LogP contribution in [-0.4, -0.2) is 10.9 Å². The third-order valence-electron chi connectivity index (χ3n) is 3.57. The lowest BCUT2D eigenvalue weighted by molar-refractivity contribution is -0.122. The van der Waals surface area contributed by atoms with Gasteiger partial charge >= 0.3 is 0 Å². The number of aromatic nitrogens is 1. The summed E-state index contributed by atoms with van der Waals surface area (Å²) in [5.74, 6) is 0.702. The van der Waals surface area contributed by atoms with Crippen molar-refractivity contribution in [2.24, 2.45) is 5.92 Å². The van der Waals surface area contributed by atoms with Gasteiger partial charge < -0.3 is 5.32 Å². The van der Waals surface area contributed by atoms with Crippen LogP contribution in [0.3, 0.4) is 0 Å². The molecule has 1 aromatic heterocycles. The van der Waals surface area contributed by atoms with E-state index in [1.807, 2.05) is 30.3 Å². The Hall–Kier alpha value is -2.16. The highest BCUT2D eigenvalue weighted by Gasteiger charge is 2.43. The van der Waals surface area contributed by atoms with Crippen molar-refractivity contribution in [3.8, 4) is 0 Å². The predicted octanol–water partition coefficient (Wildman–Crippen LogP) is 2.50. The van der Waals surface area contributed by atoms with E-state index in [4.69, 9.17) is 0 Å². The quantitative estimate of drug-likeness (QED) is 0.908. The maximum atomic E-state index is 12.0. The highest BCUT2D eigenvalue weighted by atomic mass is 16.2. The van der Waals surface area contributed by atoms with Crippen molar-refractivity contribution in [2.75, 3.05) is 0 Å². The van der Waals surface area contributed by atoms with Crippen molar-refractivity contribution in [3.63, 3.8) is 0 Å². The molecule has 1 saturated carbocycles. The van der Waals surface area contributed by atoms with Gasteiger partial charge in [-0.25, -0.2) is 0 Å². The molecule has 0 unspecified atom stereocenters. The zero-order chi connectivity index (χ0) is 13.1. The van der Waals surface area contributed by atoms with Gasteiger partial charge in [0.1, 0.15) is 0 Å². The van der Waals surface area contributed by atoms with Crippen LogP contribution in [0.5, 0.6) is 0 Å². The van der Waals surface area contributed by atoms with Crippen molar-refractivity contribution in [1.82, 2.24) is 10.3 Å². The smallest absolute Gasteiger partial charge is 0.224 e. The maximum absolute atomic E-state index is 12.0. The number of nitrogens with one attached hydrogen (secondary N) is 1. The fourth-order valence-electron chi connectivity index (χ4n) is 2.37. The van der Waals surface area contributed by atoms with E-state index < -0.39 is 0 Å². The van der Waals surface area contributed by atoms with Crippen LogP contribution in [0.25, 0.3) is 0 Å². The number of benzene rings is 1. The second kappa shape index (κ2) is 5.22. The number of amides is 1. The molecule has 2 aromatic rings. The van der Waals surface area contributed by atoms with Crippen molar-refractivity contribution >= 4 is 5.91 Å². The molecule has 19 heavy (non-hydrogen) atoms. The minimum absolute atomic E-state index is 0.143. The first-order valence-corrected chi connectivity index (χ1v) is 6.56. The van der Waals surface area contributed by atoms with E-state index in [2.05, 4.69) is 22.4 Å². The fourth-order valence-corrected chi connectivity index (χ4v) is 2.37. The first-order chi connectivity index (χ1) is 9.34. The minimum Gasteiger partial charge on any atom is -0.352 e. The number of pyridine rings is 1. The van der Waals surface area contributed by atoms with Gasteiger partial charge in [-0.1, -0.05) is 30.3 Å². The van der Waals surface area contributed by atoms with E-state index in [0.29, 0.717) is 12.5 Å². The van der Waals surface area contributed by atoms with E-state index in [1.165, 1.54) is 5.56 Å². The number of hydrogen-bond acceptors (Lipinski definition) is 2. The van der Waals surface area contributed by atoms with Gasteiger partial charge in [0.15, 0.2) is 0 Å². The predicted molar refractivity (Wildman–Crippen MR) is 73.4 cm³/mol. The van der Waals surface area contributed by atoms with Crippen LogP contribution in [0.4, 0.5) is 0 Å². The number of carbonyl (C=O) groups excluding carboxylic acids is 1. The standard InChI is InChI=1S/C16H16N2O/c19-16(18-11-12-6-8-17-9-7-12)15-10-14(15)13-4-2-1-3-5-13/h1-9,14-15H,10-11H2,(H,18,19)/t14-,15-/m0/s1. The summed E-state index contributed by atoms with van der Waals surface area (Å²) >= 11 is 0. The van der Waals surface area contributed by atoms with Gasteiger partial charge in [0.25, 0.3) is 0 Å². The molecular weight excluding hydrogens is 236 g/mol. The number of nitrogens with zero attached hydrogens (tertiary/aromatic N) is 1. The molecule has 1 amide bonds. The second-order valence-corrected chi connectivity index (χ2v) is 4.93. The van der Waals surface area contributed by atoms with E-state index in [0.717, 1.165) is 12.0 Å². The Bertz CT molecular complexity index is 553. The van der Waals surface area contributed by atoms with Crippen LogP contribution in [-0.2, 0) is 11.3 Å². The maximum Gasteiger partial charge on any atom is 0.224 e. The molecule has 96 valence electrons. The van der Waals surface area contributed by atoms with Crippen LogP contribution >= 0.6 is 0 Å². The molecule has 0 spiro atoms. The topological polar surface area (TPSA) is 42.0 Å². The van der Waals surface area contributed by atoms with Crippen molar-refractivity contribution in [2.45, 2.75) is 18.9 Å².